The second kappa shape index (κ2) is 7.72. The van der Waals surface area contributed by atoms with Gasteiger partial charge in [0.15, 0.2) is 0 Å². The van der Waals surface area contributed by atoms with E-state index in [2.05, 4.69) is 10.6 Å². The van der Waals surface area contributed by atoms with Crippen LogP contribution in [0.4, 0.5) is 5.69 Å². The van der Waals surface area contributed by atoms with Crippen LogP contribution in [0.5, 0.6) is 0 Å². The highest BCUT2D eigenvalue weighted by Gasteiger charge is 2.24. The van der Waals surface area contributed by atoms with Gasteiger partial charge in [-0.05, 0) is 54.8 Å². The number of amides is 2. The van der Waals surface area contributed by atoms with Crippen molar-refractivity contribution in [1.82, 2.24) is 5.32 Å². The molecular weight excluding hydrogens is 359 g/mol. The maximum Gasteiger partial charge on any atom is 0.253 e. The molecule has 1 saturated carbocycles. The molecule has 2 amide bonds. The molecule has 25 heavy (non-hydrogen) atoms. The Morgan fingerprint density at radius 3 is 2.40 bits per heavy atom. The van der Waals surface area contributed by atoms with E-state index >= 15 is 0 Å². The van der Waals surface area contributed by atoms with Gasteiger partial charge >= 0.3 is 0 Å². The molecule has 0 heterocycles. The van der Waals surface area contributed by atoms with Crippen LogP contribution in [-0.2, 0) is 4.79 Å². The van der Waals surface area contributed by atoms with Gasteiger partial charge in [0.1, 0.15) is 0 Å². The first-order chi connectivity index (χ1) is 12.0. The summed E-state index contributed by atoms with van der Waals surface area (Å²) in [5.74, 6) is -0.522. The van der Waals surface area contributed by atoms with Gasteiger partial charge in [-0.1, -0.05) is 35.3 Å². The molecule has 0 atom stereocenters. The summed E-state index contributed by atoms with van der Waals surface area (Å²) < 4.78 is 0. The van der Waals surface area contributed by atoms with Crippen LogP contribution in [0, 0.1) is 0 Å². The fraction of sp³-hybridized carbons (Fsp3) is 0.158. The van der Waals surface area contributed by atoms with Crippen molar-refractivity contribution in [2.24, 2.45) is 0 Å². The summed E-state index contributed by atoms with van der Waals surface area (Å²) in [6.45, 7) is 0. The van der Waals surface area contributed by atoms with Crippen molar-refractivity contribution >= 4 is 46.8 Å². The van der Waals surface area contributed by atoms with Crippen LogP contribution in [0.25, 0.3) is 6.08 Å². The van der Waals surface area contributed by atoms with E-state index in [1.807, 2.05) is 0 Å². The summed E-state index contributed by atoms with van der Waals surface area (Å²) in [6.07, 6.45) is 4.99. The lowest BCUT2D eigenvalue weighted by atomic mass is 10.1. The Balaban J connectivity index is 1.70. The van der Waals surface area contributed by atoms with Crippen LogP contribution in [0.1, 0.15) is 28.8 Å². The number of hydrogen-bond acceptors (Lipinski definition) is 2. The highest BCUT2D eigenvalue weighted by atomic mass is 35.5. The third-order valence-corrected chi connectivity index (χ3v) is 4.09. The van der Waals surface area contributed by atoms with Crippen LogP contribution < -0.4 is 10.6 Å². The van der Waals surface area contributed by atoms with Gasteiger partial charge in [-0.2, -0.15) is 0 Å². The smallest absolute Gasteiger partial charge is 0.253 e. The quantitative estimate of drug-likeness (QED) is 0.754. The standard InChI is InChI=1S/C19H16Cl2N2O2/c20-13-9-12(10-14(21)11-13)5-8-18(24)23-17-4-2-1-3-16(17)19(25)22-15-6-7-15/h1-5,8-11,15H,6-7H2,(H,22,25)(H,23,24)/b8-5+. The van der Waals surface area contributed by atoms with Crippen molar-refractivity contribution in [3.05, 3.63) is 69.7 Å². The third-order valence-electron chi connectivity index (χ3n) is 3.65. The molecule has 0 aromatic heterocycles. The summed E-state index contributed by atoms with van der Waals surface area (Å²) >= 11 is 11.9. The van der Waals surface area contributed by atoms with Gasteiger partial charge in [0.05, 0.1) is 11.3 Å². The van der Waals surface area contributed by atoms with E-state index in [1.165, 1.54) is 6.08 Å². The molecule has 2 aromatic carbocycles. The summed E-state index contributed by atoms with van der Waals surface area (Å²) in [4.78, 5) is 24.4. The minimum Gasteiger partial charge on any atom is -0.349 e. The number of nitrogens with one attached hydrogen (secondary N) is 2. The maximum atomic E-state index is 12.2. The highest BCUT2D eigenvalue weighted by Crippen LogP contribution is 2.22. The first kappa shape index (κ1) is 17.5. The molecular formula is C19H16Cl2N2O2. The van der Waals surface area contributed by atoms with Gasteiger partial charge in [0.25, 0.3) is 5.91 Å². The van der Waals surface area contributed by atoms with Gasteiger partial charge < -0.3 is 10.6 Å². The summed E-state index contributed by atoms with van der Waals surface area (Å²) in [7, 11) is 0. The van der Waals surface area contributed by atoms with Crippen LogP contribution in [-0.4, -0.2) is 17.9 Å². The number of carbonyl (C=O) groups is 2. The second-order valence-electron chi connectivity index (χ2n) is 5.82. The van der Waals surface area contributed by atoms with E-state index in [0.29, 0.717) is 26.9 Å². The molecule has 0 aliphatic heterocycles. The SMILES string of the molecule is O=C(/C=C/c1cc(Cl)cc(Cl)c1)Nc1ccccc1C(=O)NC1CC1. The Bertz CT molecular complexity index is 825. The van der Waals surface area contributed by atoms with Crippen LogP contribution in [0.2, 0.25) is 10.0 Å². The molecule has 2 aromatic rings. The lowest BCUT2D eigenvalue weighted by Crippen LogP contribution is -2.26. The normalized spacial score (nSPS) is 13.7. The van der Waals surface area contributed by atoms with Crippen molar-refractivity contribution < 1.29 is 9.59 Å². The van der Waals surface area contributed by atoms with E-state index in [-0.39, 0.29) is 17.9 Å². The molecule has 1 fully saturated rings. The topological polar surface area (TPSA) is 58.2 Å². The number of anilines is 1. The predicted molar refractivity (Wildman–Crippen MR) is 101 cm³/mol. The molecule has 4 nitrogen and oxygen atoms in total. The molecule has 0 radical (unpaired) electrons. The number of benzene rings is 2. The Morgan fingerprint density at radius 2 is 1.72 bits per heavy atom. The average molecular weight is 375 g/mol. The molecule has 128 valence electrons. The largest absolute Gasteiger partial charge is 0.349 e. The van der Waals surface area contributed by atoms with Crippen molar-refractivity contribution in [2.75, 3.05) is 5.32 Å². The van der Waals surface area contributed by atoms with Crippen molar-refractivity contribution in [3.8, 4) is 0 Å². The van der Waals surface area contributed by atoms with Crippen molar-refractivity contribution in [3.63, 3.8) is 0 Å². The Morgan fingerprint density at radius 1 is 1.04 bits per heavy atom. The van der Waals surface area contributed by atoms with Gasteiger partial charge in [-0.3, -0.25) is 9.59 Å². The van der Waals surface area contributed by atoms with Gasteiger partial charge in [0.2, 0.25) is 5.91 Å². The minimum absolute atomic E-state index is 0.177. The maximum absolute atomic E-state index is 12.2. The molecule has 0 unspecified atom stereocenters. The Hall–Kier alpha value is -2.30. The fourth-order valence-corrected chi connectivity index (χ4v) is 2.84. The van der Waals surface area contributed by atoms with Crippen molar-refractivity contribution in [2.45, 2.75) is 18.9 Å². The number of hydrogen-bond donors (Lipinski definition) is 2. The van der Waals surface area contributed by atoms with E-state index < -0.39 is 0 Å². The zero-order valence-corrected chi connectivity index (χ0v) is 14.8. The molecule has 3 rings (SSSR count). The number of halogens is 2. The lowest BCUT2D eigenvalue weighted by molar-refractivity contribution is -0.111. The molecule has 0 saturated heterocycles. The monoisotopic (exact) mass is 374 g/mol. The lowest BCUT2D eigenvalue weighted by Gasteiger charge is -2.09. The minimum atomic E-state index is -0.345. The van der Waals surface area contributed by atoms with E-state index in [1.54, 1.807) is 48.5 Å². The van der Waals surface area contributed by atoms with Gasteiger partial charge in [-0.15, -0.1) is 0 Å². The number of carbonyl (C=O) groups excluding carboxylic acids is 2. The molecule has 2 N–H and O–H groups in total. The molecule has 0 bridgehead atoms. The van der Waals surface area contributed by atoms with Gasteiger partial charge in [-0.25, -0.2) is 0 Å². The number of para-hydroxylation sites is 1. The van der Waals surface area contributed by atoms with Gasteiger partial charge in [0, 0.05) is 22.2 Å². The van der Waals surface area contributed by atoms with E-state index in [4.69, 9.17) is 23.2 Å². The first-order valence-corrected chi connectivity index (χ1v) is 8.62. The summed E-state index contributed by atoms with van der Waals surface area (Å²) in [5, 5.41) is 6.64. The fourth-order valence-electron chi connectivity index (χ4n) is 2.30. The average Bonchev–Trinajstić information content (AvgIpc) is 3.36. The number of rotatable bonds is 5. The van der Waals surface area contributed by atoms with Crippen LogP contribution in [0.3, 0.4) is 0 Å². The summed E-state index contributed by atoms with van der Waals surface area (Å²) in [6, 6.07) is 12.2. The van der Waals surface area contributed by atoms with Crippen LogP contribution in [0.15, 0.2) is 48.5 Å². The van der Waals surface area contributed by atoms with Crippen LogP contribution >= 0.6 is 23.2 Å². The predicted octanol–water partition coefficient (Wildman–Crippen LogP) is 4.54. The second-order valence-corrected chi connectivity index (χ2v) is 6.69. The molecule has 1 aliphatic rings. The van der Waals surface area contributed by atoms with Crippen molar-refractivity contribution in [1.29, 1.82) is 0 Å². The molecule has 6 heteroatoms. The zero-order chi connectivity index (χ0) is 17.8. The third kappa shape index (κ3) is 5.08. The first-order valence-electron chi connectivity index (χ1n) is 7.86. The summed E-state index contributed by atoms with van der Waals surface area (Å²) in [5.41, 5.74) is 1.63. The Kier molecular flexibility index (Phi) is 5.41. The molecule has 0 spiro atoms. The molecule has 1 aliphatic carbocycles. The zero-order valence-electron chi connectivity index (χ0n) is 13.3. The highest BCUT2D eigenvalue weighted by molar-refractivity contribution is 6.34. The van der Waals surface area contributed by atoms with E-state index in [9.17, 15) is 9.59 Å². The Labute approximate surface area is 155 Å². The van der Waals surface area contributed by atoms with E-state index in [0.717, 1.165) is 12.8 Å².